The summed E-state index contributed by atoms with van der Waals surface area (Å²) in [5, 5.41) is 4.28. The topological polar surface area (TPSA) is 58.4 Å². The van der Waals surface area contributed by atoms with Crippen molar-refractivity contribution >= 4 is 17.5 Å². The highest BCUT2D eigenvalue weighted by Crippen LogP contribution is 2.34. The maximum Gasteiger partial charge on any atom is 0.228 e. The summed E-state index contributed by atoms with van der Waals surface area (Å²) in [4.78, 5) is 29.8. The Balaban J connectivity index is 1.53. The predicted molar refractivity (Wildman–Crippen MR) is 108 cm³/mol. The van der Waals surface area contributed by atoms with Crippen LogP contribution in [0.3, 0.4) is 0 Å². The van der Waals surface area contributed by atoms with Crippen LogP contribution in [-0.2, 0) is 16.6 Å². The highest BCUT2D eigenvalue weighted by molar-refractivity contribution is 6.00. The summed E-state index contributed by atoms with van der Waals surface area (Å²) < 4.78 is 1.86. The van der Waals surface area contributed by atoms with Gasteiger partial charge in [-0.15, -0.1) is 0 Å². The van der Waals surface area contributed by atoms with Crippen molar-refractivity contribution < 1.29 is 9.59 Å². The van der Waals surface area contributed by atoms with Crippen molar-refractivity contribution in [2.75, 3.05) is 18.0 Å². The summed E-state index contributed by atoms with van der Waals surface area (Å²) in [5.74, 6) is -0.135. The minimum absolute atomic E-state index is 0.0377. The van der Waals surface area contributed by atoms with Crippen molar-refractivity contribution in [1.29, 1.82) is 0 Å². The van der Waals surface area contributed by atoms with Crippen LogP contribution < -0.4 is 4.90 Å². The fourth-order valence-electron chi connectivity index (χ4n) is 4.46. The van der Waals surface area contributed by atoms with Crippen molar-refractivity contribution in [2.45, 2.75) is 45.6 Å². The van der Waals surface area contributed by atoms with Crippen LogP contribution in [0.1, 0.15) is 48.5 Å². The molecule has 2 aromatic rings. The van der Waals surface area contributed by atoms with Gasteiger partial charge in [-0.3, -0.25) is 14.3 Å². The predicted octanol–water partition coefficient (Wildman–Crippen LogP) is 3.14. The molecular weight excluding hydrogens is 352 g/mol. The van der Waals surface area contributed by atoms with Crippen LogP contribution in [-0.4, -0.2) is 39.6 Å². The quantitative estimate of drug-likeness (QED) is 0.822. The van der Waals surface area contributed by atoms with Crippen LogP contribution in [0.2, 0.25) is 0 Å². The molecule has 3 heterocycles. The number of piperidine rings is 1. The third-order valence-corrected chi connectivity index (χ3v) is 6.26. The monoisotopic (exact) mass is 380 g/mol. The fraction of sp³-hybridized carbons (Fsp3) is 0.500. The molecule has 148 valence electrons. The standard InChI is InChI=1S/C22H28N4O2/c1-15-7-8-18(12-16(15)2)26-14-17(13-21(26)27)22(28)25-11-5-4-6-20(25)19-9-10-23-24(19)3/h7-10,12,17,20H,4-6,11,13-14H2,1-3H3. The molecule has 2 unspecified atom stereocenters. The molecule has 2 saturated heterocycles. The number of anilines is 1. The van der Waals surface area contributed by atoms with E-state index in [1.807, 2.05) is 47.8 Å². The summed E-state index contributed by atoms with van der Waals surface area (Å²) in [6.07, 6.45) is 5.15. The minimum atomic E-state index is -0.275. The minimum Gasteiger partial charge on any atom is -0.334 e. The molecule has 6 heteroatoms. The Labute approximate surface area is 166 Å². The van der Waals surface area contributed by atoms with E-state index < -0.39 is 0 Å². The Morgan fingerprint density at radius 3 is 2.68 bits per heavy atom. The molecule has 0 spiro atoms. The third kappa shape index (κ3) is 3.32. The second kappa shape index (κ2) is 7.41. The summed E-state index contributed by atoms with van der Waals surface area (Å²) in [6, 6.07) is 8.11. The van der Waals surface area contributed by atoms with E-state index in [9.17, 15) is 9.59 Å². The molecule has 2 aliphatic rings. The number of hydrogen-bond donors (Lipinski definition) is 0. The van der Waals surface area contributed by atoms with Crippen LogP contribution >= 0.6 is 0 Å². The number of rotatable bonds is 3. The van der Waals surface area contributed by atoms with Gasteiger partial charge in [-0.2, -0.15) is 5.10 Å². The van der Waals surface area contributed by atoms with Gasteiger partial charge in [-0.25, -0.2) is 0 Å². The van der Waals surface area contributed by atoms with Crippen LogP contribution in [0.5, 0.6) is 0 Å². The van der Waals surface area contributed by atoms with Gasteiger partial charge in [0.2, 0.25) is 11.8 Å². The summed E-state index contributed by atoms with van der Waals surface area (Å²) >= 11 is 0. The van der Waals surface area contributed by atoms with E-state index in [0.29, 0.717) is 13.0 Å². The number of likely N-dealkylation sites (tertiary alicyclic amines) is 1. The Kier molecular flexibility index (Phi) is 4.96. The molecule has 6 nitrogen and oxygen atoms in total. The molecule has 2 amide bonds. The lowest BCUT2D eigenvalue weighted by molar-refractivity contribution is -0.139. The van der Waals surface area contributed by atoms with Crippen molar-refractivity contribution in [3.8, 4) is 0 Å². The van der Waals surface area contributed by atoms with E-state index in [0.717, 1.165) is 42.8 Å². The number of benzene rings is 1. The first-order chi connectivity index (χ1) is 13.5. The first-order valence-electron chi connectivity index (χ1n) is 10.1. The molecule has 2 atom stereocenters. The van der Waals surface area contributed by atoms with Gasteiger partial charge in [-0.05, 0) is 62.4 Å². The van der Waals surface area contributed by atoms with Crippen LogP contribution in [0.25, 0.3) is 0 Å². The Morgan fingerprint density at radius 1 is 1.14 bits per heavy atom. The second-order valence-corrected chi connectivity index (χ2v) is 8.10. The van der Waals surface area contributed by atoms with Crippen LogP contribution in [0, 0.1) is 19.8 Å². The molecule has 2 aliphatic heterocycles. The van der Waals surface area contributed by atoms with Gasteiger partial charge in [0, 0.05) is 38.4 Å². The molecule has 0 radical (unpaired) electrons. The van der Waals surface area contributed by atoms with Gasteiger partial charge in [-0.1, -0.05) is 6.07 Å². The average molecular weight is 380 g/mol. The molecule has 0 saturated carbocycles. The SMILES string of the molecule is Cc1ccc(N2CC(C(=O)N3CCCCC3c3ccnn3C)CC2=O)cc1C. The Bertz CT molecular complexity index is 904. The molecule has 0 aliphatic carbocycles. The summed E-state index contributed by atoms with van der Waals surface area (Å²) in [7, 11) is 1.92. The van der Waals surface area contributed by atoms with Crippen molar-refractivity contribution in [1.82, 2.24) is 14.7 Å². The highest BCUT2D eigenvalue weighted by atomic mass is 16.2. The molecule has 1 aromatic carbocycles. The van der Waals surface area contributed by atoms with E-state index in [4.69, 9.17) is 0 Å². The first kappa shape index (κ1) is 18.7. The lowest BCUT2D eigenvalue weighted by Crippen LogP contribution is -2.43. The van der Waals surface area contributed by atoms with Crippen LogP contribution in [0.4, 0.5) is 5.69 Å². The maximum atomic E-state index is 13.4. The number of amides is 2. The van der Waals surface area contributed by atoms with E-state index in [1.54, 1.807) is 11.1 Å². The molecule has 28 heavy (non-hydrogen) atoms. The molecule has 0 bridgehead atoms. The van der Waals surface area contributed by atoms with E-state index in [1.165, 1.54) is 5.56 Å². The molecular formula is C22H28N4O2. The summed E-state index contributed by atoms with van der Waals surface area (Å²) in [6.45, 7) is 5.33. The number of aromatic nitrogens is 2. The fourth-order valence-corrected chi connectivity index (χ4v) is 4.46. The van der Waals surface area contributed by atoms with Crippen molar-refractivity contribution in [3.05, 3.63) is 47.3 Å². The molecule has 4 rings (SSSR count). The number of aryl methyl sites for hydroxylation is 3. The van der Waals surface area contributed by atoms with Crippen molar-refractivity contribution in [3.63, 3.8) is 0 Å². The van der Waals surface area contributed by atoms with Gasteiger partial charge >= 0.3 is 0 Å². The second-order valence-electron chi connectivity index (χ2n) is 8.10. The van der Waals surface area contributed by atoms with Gasteiger partial charge < -0.3 is 9.80 Å². The van der Waals surface area contributed by atoms with E-state index in [-0.39, 0.29) is 23.8 Å². The van der Waals surface area contributed by atoms with Gasteiger partial charge in [0.05, 0.1) is 17.7 Å². The normalized spacial score (nSPS) is 22.8. The maximum absolute atomic E-state index is 13.4. The van der Waals surface area contributed by atoms with E-state index in [2.05, 4.69) is 12.0 Å². The average Bonchev–Trinajstić information content (AvgIpc) is 3.29. The lowest BCUT2D eigenvalue weighted by Gasteiger charge is -2.37. The van der Waals surface area contributed by atoms with Crippen molar-refractivity contribution in [2.24, 2.45) is 13.0 Å². The highest BCUT2D eigenvalue weighted by Gasteiger charge is 2.40. The van der Waals surface area contributed by atoms with E-state index >= 15 is 0 Å². The first-order valence-corrected chi connectivity index (χ1v) is 10.1. The lowest BCUT2D eigenvalue weighted by atomic mass is 9.96. The third-order valence-electron chi connectivity index (χ3n) is 6.26. The number of carbonyl (C=O) groups excluding carboxylic acids is 2. The molecule has 1 aromatic heterocycles. The van der Waals surface area contributed by atoms with Gasteiger partial charge in [0.25, 0.3) is 0 Å². The largest absolute Gasteiger partial charge is 0.334 e. The number of hydrogen-bond acceptors (Lipinski definition) is 3. The van der Waals surface area contributed by atoms with Crippen LogP contribution in [0.15, 0.2) is 30.5 Å². The zero-order valence-electron chi connectivity index (χ0n) is 16.9. The smallest absolute Gasteiger partial charge is 0.228 e. The molecule has 2 fully saturated rings. The molecule has 0 N–H and O–H groups in total. The zero-order chi connectivity index (χ0) is 19.8. The number of carbonyl (C=O) groups is 2. The van der Waals surface area contributed by atoms with Gasteiger partial charge in [0.1, 0.15) is 0 Å². The Morgan fingerprint density at radius 2 is 1.96 bits per heavy atom. The zero-order valence-corrected chi connectivity index (χ0v) is 16.9. The summed E-state index contributed by atoms with van der Waals surface area (Å²) in [5.41, 5.74) is 4.33. The van der Waals surface area contributed by atoms with Gasteiger partial charge in [0.15, 0.2) is 0 Å². The Hall–Kier alpha value is -2.63. The number of nitrogens with zero attached hydrogens (tertiary/aromatic N) is 4.